The molecule has 0 spiro atoms. The van der Waals surface area contributed by atoms with Gasteiger partial charge in [-0.3, -0.25) is 10.7 Å². The molecule has 5 nitrogen and oxygen atoms in total. The molecule has 1 unspecified atom stereocenters. The van der Waals surface area contributed by atoms with Gasteiger partial charge in [-0.25, -0.2) is 9.80 Å². The molecule has 0 bridgehead atoms. The Bertz CT molecular complexity index is 252. The zero-order valence-corrected chi connectivity index (χ0v) is 9.35. The Kier molecular flexibility index (Phi) is 3.87. The summed E-state index contributed by atoms with van der Waals surface area (Å²) in [5, 5.41) is 7.96. The van der Waals surface area contributed by atoms with E-state index < -0.39 is 0 Å². The molecule has 2 aliphatic heterocycles. The van der Waals surface area contributed by atoms with Gasteiger partial charge in [0.2, 0.25) is 0 Å². The SMILES string of the molecule is O=C(NC1NCCS1)NN1CC=CCC1. The summed E-state index contributed by atoms with van der Waals surface area (Å²) in [6.07, 6.45) is 5.19. The minimum atomic E-state index is -0.128. The van der Waals surface area contributed by atoms with Gasteiger partial charge in [0.05, 0.1) is 0 Å². The number of rotatable bonds is 2. The number of hydrazine groups is 1. The molecule has 1 saturated heterocycles. The van der Waals surface area contributed by atoms with Crippen LogP contribution in [-0.4, -0.2) is 41.9 Å². The summed E-state index contributed by atoms with van der Waals surface area (Å²) in [7, 11) is 0. The van der Waals surface area contributed by atoms with E-state index in [0.29, 0.717) is 0 Å². The molecule has 2 amide bonds. The summed E-state index contributed by atoms with van der Waals surface area (Å²) in [5.74, 6) is 1.05. The average molecular weight is 228 g/mol. The molecule has 1 fully saturated rings. The van der Waals surface area contributed by atoms with Gasteiger partial charge < -0.3 is 5.32 Å². The van der Waals surface area contributed by atoms with Crippen molar-refractivity contribution in [1.29, 1.82) is 0 Å². The van der Waals surface area contributed by atoms with Crippen LogP contribution in [0.4, 0.5) is 4.79 Å². The van der Waals surface area contributed by atoms with Crippen LogP contribution in [0.15, 0.2) is 12.2 Å². The molecule has 84 valence electrons. The van der Waals surface area contributed by atoms with Gasteiger partial charge in [-0.2, -0.15) is 0 Å². The molecule has 2 heterocycles. The number of urea groups is 1. The maximum Gasteiger partial charge on any atom is 0.331 e. The van der Waals surface area contributed by atoms with Gasteiger partial charge in [0.25, 0.3) is 0 Å². The smallest absolute Gasteiger partial charge is 0.313 e. The fourth-order valence-electron chi connectivity index (χ4n) is 1.56. The fourth-order valence-corrected chi connectivity index (χ4v) is 2.45. The summed E-state index contributed by atoms with van der Waals surface area (Å²) in [6.45, 7) is 2.63. The molecule has 0 aromatic carbocycles. The molecule has 2 rings (SSSR count). The summed E-state index contributed by atoms with van der Waals surface area (Å²) >= 11 is 1.72. The summed E-state index contributed by atoms with van der Waals surface area (Å²) < 4.78 is 0. The van der Waals surface area contributed by atoms with Crippen LogP contribution in [0.1, 0.15) is 6.42 Å². The van der Waals surface area contributed by atoms with Crippen LogP contribution >= 0.6 is 11.8 Å². The molecule has 6 heteroatoms. The van der Waals surface area contributed by atoms with Gasteiger partial charge in [0.15, 0.2) is 0 Å². The van der Waals surface area contributed by atoms with Crippen molar-refractivity contribution < 1.29 is 4.79 Å². The molecular formula is C9H16N4OS. The van der Waals surface area contributed by atoms with Crippen molar-refractivity contribution in [3.8, 4) is 0 Å². The Morgan fingerprint density at radius 3 is 3.13 bits per heavy atom. The molecule has 3 N–H and O–H groups in total. The molecule has 0 aromatic rings. The van der Waals surface area contributed by atoms with Crippen LogP contribution in [0.2, 0.25) is 0 Å². The maximum atomic E-state index is 11.5. The molecule has 0 radical (unpaired) electrons. The van der Waals surface area contributed by atoms with E-state index in [0.717, 1.165) is 31.8 Å². The van der Waals surface area contributed by atoms with E-state index in [1.807, 2.05) is 5.01 Å². The van der Waals surface area contributed by atoms with Crippen molar-refractivity contribution in [3.05, 3.63) is 12.2 Å². The average Bonchev–Trinajstić information content (AvgIpc) is 2.71. The lowest BCUT2D eigenvalue weighted by molar-refractivity contribution is 0.184. The molecule has 2 aliphatic rings. The Labute approximate surface area is 93.6 Å². The molecule has 0 saturated carbocycles. The van der Waals surface area contributed by atoms with Crippen LogP contribution < -0.4 is 16.1 Å². The van der Waals surface area contributed by atoms with E-state index in [-0.39, 0.29) is 11.5 Å². The van der Waals surface area contributed by atoms with Gasteiger partial charge in [0, 0.05) is 25.4 Å². The Morgan fingerprint density at radius 1 is 1.53 bits per heavy atom. The second-order valence-electron chi connectivity index (χ2n) is 3.50. The lowest BCUT2D eigenvalue weighted by Gasteiger charge is -2.24. The number of carbonyl (C=O) groups is 1. The van der Waals surface area contributed by atoms with Crippen molar-refractivity contribution >= 4 is 17.8 Å². The van der Waals surface area contributed by atoms with Crippen LogP contribution in [0.5, 0.6) is 0 Å². The number of carbonyl (C=O) groups excluding carboxylic acids is 1. The number of thioether (sulfide) groups is 1. The van der Waals surface area contributed by atoms with E-state index in [2.05, 4.69) is 28.2 Å². The second kappa shape index (κ2) is 5.39. The number of amides is 2. The first kappa shape index (κ1) is 10.8. The number of hydrogen-bond acceptors (Lipinski definition) is 4. The van der Waals surface area contributed by atoms with E-state index in [1.54, 1.807) is 11.8 Å². The van der Waals surface area contributed by atoms with Crippen LogP contribution in [0.3, 0.4) is 0 Å². The van der Waals surface area contributed by atoms with Gasteiger partial charge in [-0.1, -0.05) is 12.2 Å². The zero-order chi connectivity index (χ0) is 10.5. The third-order valence-electron chi connectivity index (χ3n) is 2.30. The van der Waals surface area contributed by atoms with Crippen LogP contribution in [0.25, 0.3) is 0 Å². The van der Waals surface area contributed by atoms with Crippen molar-refractivity contribution in [3.63, 3.8) is 0 Å². The quantitative estimate of drug-likeness (QED) is 0.586. The maximum absolute atomic E-state index is 11.5. The lowest BCUT2D eigenvalue weighted by Crippen LogP contribution is -2.52. The van der Waals surface area contributed by atoms with Crippen LogP contribution in [-0.2, 0) is 0 Å². The first-order chi connectivity index (χ1) is 7.34. The number of nitrogens with zero attached hydrogens (tertiary/aromatic N) is 1. The highest BCUT2D eigenvalue weighted by atomic mass is 32.2. The van der Waals surface area contributed by atoms with E-state index >= 15 is 0 Å². The predicted octanol–water partition coefficient (Wildman–Crippen LogP) is 0.0825. The third kappa shape index (κ3) is 3.40. The summed E-state index contributed by atoms with van der Waals surface area (Å²) in [5.41, 5.74) is 2.88. The van der Waals surface area contributed by atoms with Gasteiger partial charge in [-0.15, -0.1) is 11.8 Å². The predicted molar refractivity (Wildman–Crippen MR) is 61.2 cm³/mol. The van der Waals surface area contributed by atoms with Crippen LogP contribution in [0, 0.1) is 0 Å². The van der Waals surface area contributed by atoms with Crippen molar-refractivity contribution in [1.82, 2.24) is 21.1 Å². The monoisotopic (exact) mass is 228 g/mol. The number of nitrogens with one attached hydrogen (secondary N) is 3. The van der Waals surface area contributed by atoms with E-state index in [9.17, 15) is 4.79 Å². The second-order valence-corrected chi connectivity index (χ2v) is 4.71. The zero-order valence-electron chi connectivity index (χ0n) is 8.53. The largest absolute Gasteiger partial charge is 0.331 e. The Morgan fingerprint density at radius 2 is 2.47 bits per heavy atom. The molecular weight excluding hydrogens is 212 g/mol. The normalized spacial score (nSPS) is 26.5. The van der Waals surface area contributed by atoms with Crippen molar-refractivity contribution in [2.75, 3.05) is 25.4 Å². The minimum Gasteiger partial charge on any atom is -0.313 e. The highest BCUT2D eigenvalue weighted by Crippen LogP contribution is 2.10. The number of hydrogen-bond donors (Lipinski definition) is 3. The van der Waals surface area contributed by atoms with Gasteiger partial charge in [0.1, 0.15) is 5.50 Å². The first-order valence-electron chi connectivity index (χ1n) is 5.17. The minimum absolute atomic E-state index is 0.0605. The standard InChI is InChI=1S/C9H16N4OS/c14-8(11-9-10-4-7-15-9)12-13-5-2-1-3-6-13/h1-2,9-10H,3-7H2,(H2,11,12,14). The van der Waals surface area contributed by atoms with E-state index in [1.165, 1.54) is 0 Å². The topological polar surface area (TPSA) is 56.4 Å². The molecule has 0 aliphatic carbocycles. The Hall–Kier alpha value is -0.720. The fraction of sp³-hybridized carbons (Fsp3) is 0.667. The molecule has 15 heavy (non-hydrogen) atoms. The summed E-state index contributed by atoms with van der Waals surface area (Å²) in [6, 6.07) is -0.128. The Balaban J connectivity index is 1.69. The van der Waals surface area contributed by atoms with Crippen molar-refractivity contribution in [2.45, 2.75) is 11.9 Å². The highest BCUT2D eigenvalue weighted by molar-refractivity contribution is 8.00. The highest BCUT2D eigenvalue weighted by Gasteiger charge is 2.17. The van der Waals surface area contributed by atoms with Crippen molar-refractivity contribution in [2.24, 2.45) is 0 Å². The molecule has 1 atom stereocenters. The van der Waals surface area contributed by atoms with Gasteiger partial charge >= 0.3 is 6.03 Å². The lowest BCUT2D eigenvalue weighted by atomic mass is 10.3. The van der Waals surface area contributed by atoms with Gasteiger partial charge in [-0.05, 0) is 6.42 Å². The summed E-state index contributed by atoms with van der Waals surface area (Å²) in [4.78, 5) is 11.5. The molecule has 0 aromatic heterocycles. The first-order valence-corrected chi connectivity index (χ1v) is 6.21. The van der Waals surface area contributed by atoms with E-state index in [4.69, 9.17) is 0 Å². The third-order valence-corrected chi connectivity index (χ3v) is 3.35.